The molecule has 0 atom stereocenters. The fourth-order valence-corrected chi connectivity index (χ4v) is 7.08. The van der Waals surface area contributed by atoms with Gasteiger partial charge < -0.3 is 15.0 Å². The van der Waals surface area contributed by atoms with Gasteiger partial charge in [0, 0.05) is 41.9 Å². The molecule has 1 aliphatic carbocycles. The Morgan fingerprint density at radius 1 is 1.24 bits per heavy atom. The second-order valence-corrected chi connectivity index (χ2v) is 11.4. The second-order valence-electron chi connectivity index (χ2n) is 10.2. The van der Waals surface area contributed by atoms with Crippen LogP contribution in [0.3, 0.4) is 0 Å². The van der Waals surface area contributed by atoms with Crippen LogP contribution in [0, 0.1) is 18.7 Å². The highest BCUT2D eigenvalue weighted by Crippen LogP contribution is 2.45. The number of carbonyl (C=O) groups is 1. The number of amides is 1. The van der Waals surface area contributed by atoms with Gasteiger partial charge in [-0.15, -0.1) is 11.3 Å². The molecule has 6 heteroatoms. The molecule has 3 aliphatic rings. The summed E-state index contributed by atoms with van der Waals surface area (Å²) < 4.78 is 20.0. The standard InChI is InChI=1S/C27H35FN2O2S/c1-3-23-16-24-25(33-23)4-9-32-27(24)5-7-30(8-6-27)17-20-13-22(14-20)29-26(31)15-19-10-18(2)11-21(28)12-19/h10-12,16,20,22H,3-9,13-15,17H2,1-2H3,(H,29,31). The molecular weight excluding hydrogens is 435 g/mol. The molecule has 2 aliphatic heterocycles. The second kappa shape index (κ2) is 9.47. The normalized spacial score (nSPS) is 24.3. The number of halogens is 1. The van der Waals surface area contributed by atoms with Gasteiger partial charge >= 0.3 is 0 Å². The fourth-order valence-electron chi connectivity index (χ4n) is 5.90. The Bertz CT molecular complexity index is 985. The molecule has 1 saturated carbocycles. The number of benzene rings is 1. The number of nitrogens with one attached hydrogen (secondary N) is 1. The maximum absolute atomic E-state index is 13.6. The van der Waals surface area contributed by atoms with Gasteiger partial charge in [-0.3, -0.25) is 4.79 Å². The van der Waals surface area contributed by atoms with E-state index in [9.17, 15) is 9.18 Å². The van der Waals surface area contributed by atoms with Crippen LogP contribution in [0.5, 0.6) is 0 Å². The van der Waals surface area contributed by atoms with Gasteiger partial charge in [-0.2, -0.15) is 0 Å². The minimum absolute atomic E-state index is 0.00386. The van der Waals surface area contributed by atoms with Gasteiger partial charge in [0.2, 0.25) is 5.91 Å². The third-order valence-electron chi connectivity index (χ3n) is 7.65. The molecule has 2 fully saturated rings. The summed E-state index contributed by atoms with van der Waals surface area (Å²) in [4.78, 5) is 18.0. The molecule has 1 N–H and O–H groups in total. The smallest absolute Gasteiger partial charge is 0.224 e. The van der Waals surface area contributed by atoms with E-state index in [0.717, 1.165) is 75.9 Å². The summed E-state index contributed by atoms with van der Waals surface area (Å²) in [5.41, 5.74) is 3.02. The predicted molar refractivity (Wildman–Crippen MR) is 130 cm³/mol. The van der Waals surface area contributed by atoms with E-state index < -0.39 is 0 Å². The van der Waals surface area contributed by atoms with Crippen molar-refractivity contribution < 1.29 is 13.9 Å². The van der Waals surface area contributed by atoms with Gasteiger partial charge in [0.05, 0.1) is 18.6 Å². The molecule has 1 amide bonds. The van der Waals surface area contributed by atoms with E-state index in [-0.39, 0.29) is 29.8 Å². The van der Waals surface area contributed by atoms with Crippen LogP contribution >= 0.6 is 11.3 Å². The average Bonchev–Trinajstić information content (AvgIpc) is 3.18. The zero-order valence-electron chi connectivity index (χ0n) is 19.8. The number of rotatable bonds is 6. The molecule has 0 bridgehead atoms. The molecule has 5 rings (SSSR count). The Balaban J connectivity index is 1.06. The lowest BCUT2D eigenvalue weighted by Crippen LogP contribution is -2.51. The van der Waals surface area contributed by atoms with E-state index in [1.165, 1.54) is 22.6 Å². The van der Waals surface area contributed by atoms with Crippen LogP contribution in [0.1, 0.15) is 59.1 Å². The molecule has 3 heterocycles. The maximum Gasteiger partial charge on any atom is 0.224 e. The fraction of sp³-hybridized carbons (Fsp3) is 0.593. The van der Waals surface area contributed by atoms with Crippen molar-refractivity contribution in [2.24, 2.45) is 5.92 Å². The van der Waals surface area contributed by atoms with E-state index in [2.05, 4.69) is 23.2 Å². The zero-order chi connectivity index (χ0) is 23.0. The Kier molecular flexibility index (Phi) is 6.60. The lowest BCUT2D eigenvalue weighted by Gasteiger charge is -2.46. The Morgan fingerprint density at radius 2 is 2.03 bits per heavy atom. The SMILES string of the molecule is CCc1cc2c(s1)CCOC21CCN(CC2CC(NC(=O)Cc3cc(C)cc(F)c3)C2)CC1. The minimum atomic E-state index is -0.274. The summed E-state index contributed by atoms with van der Waals surface area (Å²) in [6.07, 6.45) is 6.68. The van der Waals surface area contributed by atoms with Crippen LogP contribution in [0.2, 0.25) is 0 Å². The van der Waals surface area contributed by atoms with Crippen molar-refractivity contribution in [1.82, 2.24) is 10.2 Å². The summed E-state index contributed by atoms with van der Waals surface area (Å²) in [6, 6.07) is 7.50. The van der Waals surface area contributed by atoms with Gasteiger partial charge in [-0.25, -0.2) is 4.39 Å². The molecular formula is C27H35FN2O2S. The van der Waals surface area contributed by atoms with Crippen LogP contribution < -0.4 is 5.32 Å². The van der Waals surface area contributed by atoms with E-state index >= 15 is 0 Å². The highest BCUT2D eigenvalue weighted by atomic mass is 32.1. The van der Waals surface area contributed by atoms with Crippen LogP contribution in [-0.2, 0) is 34.4 Å². The number of aryl methyl sites for hydroxylation is 2. The summed E-state index contributed by atoms with van der Waals surface area (Å²) in [6.45, 7) is 8.24. The van der Waals surface area contributed by atoms with Gasteiger partial charge in [-0.1, -0.05) is 13.0 Å². The predicted octanol–water partition coefficient (Wildman–Crippen LogP) is 4.76. The molecule has 33 heavy (non-hydrogen) atoms. The van der Waals surface area contributed by atoms with Gasteiger partial charge in [0.25, 0.3) is 0 Å². The van der Waals surface area contributed by atoms with E-state index in [0.29, 0.717) is 5.92 Å². The van der Waals surface area contributed by atoms with E-state index in [1.54, 1.807) is 4.88 Å². The minimum Gasteiger partial charge on any atom is -0.370 e. The van der Waals surface area contributed by atoms with Crippen molar-refractivity contribution in [1.29, 1.82) is 0 Å². The lowest BCUT2D eigenvalue weighted by atomic mass is 9.78. The molecule has 1 saturated heterocycles. The van der Waals surface area contributed by atoms with Crippen LogP contribution in [0.15, 0.2) is 24.3 Å². The molecule has 178 valence electrons. The number of thiophene rings is 1. The molecule has 4 nitrogen and oxygen atoms in total. The van der Waals surface area contributed by atoms with Crippen LogP contribution in [0.25, 0.3) is 0 Å². The van der Waals surface area contributed by atoms with Crippen molar-refractivity contribution in [2.75, 3.05) is 26.2 Å². The molecule has 0 unspecified atom stereocenters. The zero-order valence-corrected chi connectivity index (χ0v) is 20.6. The van der Waals surface area contributed by atoms with Crippen LogP contribution in [-0.4, -0.2) is 43.1 Å². The van der Waals surface area contributed by atoms with Crippen molar-refractivity contribution in [2.45, 2.75) is 70.4 Å². The van der Waals surface area contributed by atoms with Crippen molar-refractivity contribution in [3.8, 4) is 0 Å². The highest BCUT2D eigenvalue weighted by molar-refractivity contribution is 7.12. The highest BCUT2D eigenvalue weighted by Gasteiger charge is 2.42. The summed E-state index contributed by atoms with van der Waals surface area (Å²) in [5.74, 6) is 0.372. The molecule has 0 radical (unpaired) electrons. The quantitative estimate of drug-likeness (QED) is 0.662. The first-order valence-electron chi connectivity index (χ1n) is 12.5. The first-order chi connectivity index (χ1) is 15.9. The third kappa shape index (κ3) is 5.03. The number of hydrogen-bond acceptors (Lipinski definition) is 4. The Hall–Kier alpha value is -1.76. The van der Waals surface area contributed by atoms with Gasteiger partial charge in [0.15, 0.2) is 0 Å². The molecule has 1 spiro atoms. The number of hydrogen-bond donors (Lipinski definition) is 1. The summed E-state index contributed by atoms with van der Waals surface area (Å²) in [5, 5.41) is 3.14. The van der Waals surface area contributed by atoms with Crippen molar-refractivity contribution in [3.63, 3.8) is 0 Å². The topological polar surface area (TPSA) is 41.6 Å². The van der Waals surface area contributed by atoms with E-state index in [1.807, 2.05) is 24.3 Å². The number of nitrogens with zero attached hydrogens (tertiary/aromatic N) is 1. The molecule has 2 aromatic rings. The number of fused-ring (bicyclic) bond motifs is 2. The van der Waals surface area contributed by atoms with Gasteiger partial charge in [0.1, 0.15) is 5.82 Å². The monoisotopic (exact) mass is 470 g/mol. The third-order valence-corrected chi connectivity index (χ3v) is 8.99. The summed E-state index contributed by atoms with van der Waals surface area (Å²) >= 11 is 1.99. The summed E-state index contributed by atoms with van der Waals surface area (Å²) in [7, 11) is 0. The number of carbonyl (C=O) groups excluding carboxylic acids is 1. The molecule has 1 aromatic heterocycles. The van der Waals surface area contributed by atoms with Gasteiger partial charge in [-0.05, 0) is 79.8 Å². The number of piperidine rings is 1. The van der Waals surface area contributed by atoms with E-state index in [4.69, 9.17) is 4.74 Å². The van der Waals surface area contributed by atoms with Crippen molar-refractivity contribution in [3.05, 3.63) is 56.5 Å². The first-order valence-corrected chi connectivity index (χ1v) is 13.3. The largest absolute Gasteiger partial charge is 0.370 e. The average molecular weight is 471 g/mol. The Labute approximate surface area is 200 Å². The first kappa shape index (κ1) is 23.0. The van der Waals surface area contributed by atoms with Crippen molar-refractivity contribution >= 4 is 17.2 Å². The number of ether oxygens (including phenoxy) is 1. The van der Waals surface area contributed by atoms with Crippen LogP contribution in [0.4, 0.5) is 4.39 Å². The lowest BCUT2D eigenvalue weighted by molar-refractivity contribution is -0.122. The number of likely N-dealkylation sites (tertiary alicyclic amines) is 1. The maximum atomic E-state index is 13.6. The molecule has 1 aromatic carbocycles. The Morgan fingerprint density at radius 3 is 2.76 bits per heavy atom.